The maximum atomic E-state index is 12.2. The van der Waals surface area contributed by atoms with Crippen molar-refractivity contribution in [3.8, 4) is 0 Å². The summed E-state index contributed by atoms with van der Waals surface area (Å²) < 4.78 is 5.69. The van der Waals surface area contributed by atoms with Gasteiger partial charge in [0.25, 0.3) is 5.91 Å². The Morgan fingerprint density at radius 1 is 1.04 bits per heavy atom. The molecule has 0 aliphatic heterocycles. The van der Waals surface area contributed by atoms with Crippen LogP contribution in [0, 0.1) is 13.8 Å². The average Bonchev–Trinajstić information content (AvgIpc) is 3.06. The number of hydrogen-bond donors (Lipinski definition) is 2. The summed E-state index contributed by atoms with van der Waals surface area (Å²) >= 11 is 1.47. The van der Waals surface area contributed by atoms with E-state index in [0.717, 1.165) is 15.8 Å². The summed E-state index contributed by atoms with van der Waals surface area (Å²) in [5, 5.41) is 0.614. The fourth-order valence-electron chi connectivity index (χ4n) is 2.34. The molecule has 0 radical (unpaired) electrons. The van der Waals surface area contributed by atoms with Gasteiger partial charge in [-0.3, -0.25) is 15.6 Å². The summed E-state index contributed by atoms with van der Waals surface area (Å²) in [6, 6.07) is 10.3. The lowest BCUT2D eigenvalue weighted by atomic mass is 10.1. The van der Waals surface area contributed by atoms with Crippen LogP contribution in [-0.2, 0) is 4.74 Å². The number of nitrogens with one attached hydrogen (secondary N) is 2. The summed E-state index contributed by atoms with van der Waals surface area (Å²) in [4.78, 5) is 28.1. The van der Waals surface area contributed by atoms with Crippen molar-refractivity contribution in [1.29, 1.82) is 0 Å². The third-order valence-electron chi connectivity index (χ3n) is 3.94. The van der Waals surface area contributed by atoms with Gasteiger partial charge in [-0.25, -0.2) is 9.78 Å². The molecule has 128 valence electrons. The normalized spacial score (nSPS) is 10.5. The maximum Gasteiger partial charge on any atom is 0.337 e. The number of hydrogen-bond acceptors (Lipinski definition) is 6. The summed E-state index contributed by atoms with van der Waals surface area (Å²) in [6.45, 7) is 4.07. The zero-order valence-electron chi connectivity index (χ0n) is 14.0. The molecule has 0 aliphatic carbocycles. The highest BCUT2D eigenvalue weighted by atomic mass is 32.1. The lowest BCUT2D eigenvalue weighted by molar-refractivity contribution is 0.0600. The molecule has 3 rings (SSSR count). The minimum absolute atomic E-state index is 0.316. The highest BCUT2D eigenvalue weighted by Crippen LogP contribution is 2.29. The van der Waals surface area contributed by atoms with Crippen LogP contribution in [-0.4, -0.2) is 24.0 Å². The fourth-order valence-corrected chi connectivity index (χ4v) is 3.22. The van der Waals surface area contributed by atoms with Crippen LogP contribution in [0.2, 0.25) is 0 Å². The molecule has 0 bridgehead atoms. The summed E-state index contributed by atoms with van der Waals surface area (Å²) in [5.74, 6) is -0.756. The van der Waals surface area contributed by atoms with Crippen molar-refractivity contribution in [2.45, 2.75) is 13.8 Å². The van der Waals surface area contributed by atoms with Crippen molar-refractivity contribution in [3.05, 3.63) is 58.7 Å². The van der Waals surface area contributed by atoms with E-state index in [4.69, 9.17) is 0 Å². The van der Waals surface area contributed by atoms with Crippen LogP contribution in [0.25, 0.3) is 10.2 Å². The van der Waals surface area contributed by atoms with Crippen LogP contribution in [0.1, 0.15) is 31.8 Å². The Bertz CT molecular complexity index is 948. The van der Waals surface area contributed by atoms with Crippen molar-refractivity contribution in [1.82, 2.24) is 10.4 Å². The first-order valence-electron chi connectivity index (χ1n) is 7.61. The number of carbonyl (C=O) groups is 2. The Hall–Kier alpha value is -2.93. The molecule has 3 aromatic rings. The molecule has 0 saturated carbocycles. The Kier molecular flexibility index (Phi) is 4.67. The number of hydrazine groups is 1. The summed E-state index contributed by atoms with van der Waals surface area (Å²) in [5.41, 5.74) is 9.52. The van der Waals surface area contributed by atoms with Crippen molar-refractivity contribution in [3.63, 3.8) is 0 Å². The van der Waals surface area contributed by atoms with Crippen LogP contribution in [0.15, 0.2) is 36.4 Å². The van der Waals surface area contributed by atoms with E-state index in [1.54, 1.807) is 24.3 Å². The fraction of sp³-hybridized carbons (Fsp3) is 0.167. The van der Waals surface area contributed by atoms with E-state index in [1.165, 1.54) is 24.0 Å². The average molecular weight is 355 g/mol. The molecule has 0 aliphatic rings. The van der Waals surface area contributed by atoms with Crippen LogP contribution in [0.5, 0.6) is 0 Å². The van der Waals surface area contributed by atoms with E-state index in [2.05, 4.69) is 26.6 Å². The number of aromatic nitrogens is 1. The zero-order valence-corrected chi connectivity index (χ0v) is 14.9. The minimum Gasteiger partial charge on any atom is -0.465 e. The molecule has 1 heterocycles. The number of esters is 1. The van der Waals surface area contributed by atoms with Gasteiger partial charge in [0.15, 0.2) is 0 Å². The van der Waals surface area contributed by atoms with Gasteiger partial charge in [-0.2, -0.15) is 0 Å². The second-order valence-corrected chi connectivity index (χ2v) is 6.55. The van der Waals surface area contributed by atoms with Crippen LogP contribution in [0.3, 0.4) is 0 Å². The Labute approximate surface area is 148 Å². The molecule has 1 aromatic heterocycles. The topological polar surface area (TPSA) is 80.3 Å². The highest BCUT2D eigenvalue weighted by molar-refractivity contribution is 7.22. The van der Waals surface area contributed by atoms with Gasteiger partial charge in [-0.15, -0.1) is 0 Å². The molecule has 0 unspecified atom stereocenters. The number of amides is 1. The highest BCUT2D eigenvalue weighted by Gasteiger charge is 2.11. The molecule has 25 heavy (non-hydrogen) atoms. The standard InChI is InChI=1S/C18H17N3O3S/c1-10-4-9-14-15(11(10)2)19-18(25-14)21-20-16(22)12-5-7-13(8-6-12)17(23)24-3/h4-9H,1-3H3,(H,19,21)(H,20,22). The van der Waals surface area contributed by atoms with Crippen LogP contribution in [0.4, 0.5) is 5.13 Å². The van der Waals surface area contributed by atoms with Crippen LogP contribution < -0.4 is 10.9 Å². The van der Waals surface area contributed by atoms with Gasteiger partial charge in [0, 0.05) is 5.56 Å². The molecule has 0 saturated heterocycles. The zero-order chi connectivity index (χ0) is 18.0. The van der Waals surface area contributed by atoms with E-state index >= 15 is 0 Å². The van der Waals surface area contributed by atoms with Crippen molar-refractivity contribution >= 4 is 38.6 Å². The van der Waals surface area contributed by atoms with Gasteiger partial charge < -0.3 is 4.74 Å². The van der Waals surface area contributed by atoms with Gasteiger partial charge in [-0.05, 0) is 55.3 Å². The number of aryl methyl sites for hydroxylation is 2. The van der Waals surface area contributed by atoms with E-state index in [9.17, 15) is 9.59 Å². The summed E-state index contributed by atoms with van der Waals surface area (Å²) in [6.07, 6.45) is 0. The van der Waals surface area contributed by atoms with Crippen molar-refractivity contribution in [2.24, 2.45) is 0 Å². The van der Waals surface area contributed by atoms with E-state index < -0.39 is 5.97 Å². The lowest BCUT2D eigenvalue weighted by Crippen LogP contribution is -2.29. The third-order valence-corrected chi connectivity index (χ3v) is 4.87. The molecule has 0 fully saturated rings. The SMILES string of the molecule is COC(=O)c1ccc(C(=O)NNc2nc3c(C)c(C)ccc3s2)cc1. The molecule has 2 N–H and O–H groups in total. The van der Waals surface area contributed by atoms with E-state index in [0.29, 0.717) is 16.3 Å². The smallest absolute Gasteiger partial charge is 0.337 e. The first-order valence-corrected chi connectivity index (χ1v) is 8.42. The molecule has 0 spiro atoms. The molecule has 6 nitrogen and oxygen atoms in total. The Morgan fingerprint density at radius 2 is 1.72 bits per heavy atom. The van der Waals surface area contributed by atoms with Gasteiger partial charge in [0.1, 0.15) is 0 Å². The molecular weight excluding hydrogens is 338 g/mol. The second-order valence-electron chi connectivity index (χ2n) is 5.52. The predicted octanol–water partition coefficient (Wildman–Crippen LogP) is 3.46. The first-order chi connectivity index (χ1) is 12.0. The van der Waals surface area contributed by atoms with Crippen molar-refractivity contribution in [2.75, 3.05) is 12.5 Å². The number of rotatable bonds is 4. The maximum absolute atomic E-state index is 12.2. The second kappa shape index (κ2) is 6.90. The number of anilines is 1. The van der Waals surface area contributed by atoms with Gasteiger partial charge >= 0.3 is 5.97 Å². The van der Waals surface area contributed by atoms with Crippen LogP contribution >= 0.6 is 11.3 Å². The van der Waals surface area contributed by atoms with Crippen molar-refractivity contribution < 1.29 is 14.3 Å². The first kappa shape index (κ1) is 16.9. The lowest BCUT2D eigenvalue weighted by Gasteiger charge is -2.06. The number of nitrogens with zero attached hydrogens (tertiary/aromatic N) is 1. The quantitative estimate of drug-likeness (QED) is 0.553. The largest absolute Gasteiger partial charge is 0.465 e. The molecule has 1 amide bonds. The molecule has 2 aromatic carbocycles. The number of fused-ring (bicyclic) bond motifs is 1. The molecular formula is C18H17N3O3S. The number of carbonyl (C=O) groups excluding carboxylic acids is 2. The molecule has 0 atom stereocenters. The minimum atomic E-state index is -0.440. The number of thiazole rings is 1. The molecule has 7 heteroatoms. The van der Waals surface area contributed by atoms with Gasteiger partial charge in [-0.1, -0.05) is 17.4 Å². The van der Waals surface area contributed by atoms with E-state index in [1.807, 2.05) is 19.9 Å². The Morgan fingerprint density at radius 3 is 2.40 bits per heavy atom. The summed E-state index contributed by atoms with van der Waals surface area (Å²) in [7, 11) is 1.31. The third kappa shape index (κ3) is 3.46. The Balaban J connectivity index is 1.70. The van der Waals surface area contributed by atoms with E-state index in [-0.39, 0.29) is 5.91 Å². The monoisotopic (exact) mass is 355 g/mol. The predicted molar refractivity (Wildman–Crippen MR) is 98.0 cm³/mol. The number of methoxy groups -OCH3 is 1. The van der Waals surface area contributed by atoms with Gasteiger partial charge in [0.2, 0.25) is 5.13 Å². The number of ether oxygens (including phenoxy) is 1. The number of benzene rings is 2. The van der Waals surface area contributed by atoms with Gasteiger partial charge in [0.05, 0.1) is 22.9 Å².